The molecule has 1 aromatic rings. The molecule has 2 heterocycles. The molecule has 1 aromatic heterocycles. The second kappa shape index (κ2) is 7.05. The van der Waals surface area contributed by atoms with Crippen molar-refractivity contribution in [3.05, 3.63) is 11.7 Å². The predicted octanol–water partition coefficient (Wildman–Crippen LogP) is 0.205. The molecule has 2 N–H and O–H groups in total. The standard InChI is InChI=1S/C11H21N5O3S2/c1-3-20-9(2)11-13-10(19-14-11)8-15-4-6-16(7-5-15)21(12,17)18/h9H,3-8H2,1-2H3,(H2,12,17,18)/t9-/m0/s1. The zero-order valence-corrected chi connectivity index (χ0v) is 13.9. The molecule has 8 nitrogen and oxygen atoms in total. The summed E-state index contributed by atoms with van der Waals surface area (Å²) in [4.78, 5) is 6.47. The summed E-state index contributed by atoms with van der Waals surface area (Å²) in [5, 5.41) is 9.32. The van der Waals surface area contributed by atoms with E-state index in [9.17, 15) is 8.42 Å². The van der Waals surface area contributed by atoms with Gasteiger partial charge in [0.15, 0.2) is 5.82 Å². The Balaban J connectivity index is 1.86. The Kier molecular flexibility index (Phi) is 5.60. The Bertz CT molecular complexity index is 554. The van der Waals surface area contributed by atoms with E-state index in [0.29, 0.717) is 44.4 Å². The Morgan fingerprint density at radius 1 is 1.38 bits per heavy atom. The van der Waals surface area contributed by atoms with Crippen molar-refractivity contribution in [2.24, 2.45) is 5.14 Å². The Morgan fingerprint density at radius 3 is 2.62 bits per heavy atom. The molecule has 1 aliphatic heterocycles. The fraction of sp³-hybridized carbons (Fsp3) is 0.818. The van der Waals surface area contributed by atoms with Gasteiger partial charge in [-0.25, -0.2) is 5.14 Å². The molecule has 0 bridgehead atoms. The van der Waals surface area contributed by atoms with Crippen molar-refractivity contribution < 1.29 is 12.9 Å². The fourth-order valence-corrected chi connectivity index (χ4v) is 3.57. The van der Waals surface area contributed by atoms with E-state index in [4.69, 9.17) is 9.66 Å². The van der Waals surface area contributed by atoms with Gasteiger partial charge in [0.2, 0.25) is 5.89 Å². The van der Waals surface area contributed by atoms with Crippen LogP contribution in [0.2, 0.25) is 0 Å². The molecular formula is C11H21N5O3S2. The van der Waals surface area contributed by atoms with Crippen LogP contribution in [0.4, 0.5) is 0 Å². The smallest absolute Gasteiger partial charge is 0.276 e. The molecule has 0 saturated carbocycles. The van der Waals surface area contributed by atoms with E-state index in [0.717, 1.165) is 5.75 Å². The summed E-state index contributed by atoms with van der Waals surface area (Å²) in [7, 11) is -3.58. The third kappa shape index (κ3) is 4.65. The van der Waals surface area contributed by atoms with Gasteiger partial charge in [-0.05, 0) is 12.7 Å². The van der Waals surface area contributed by atoms with Crippen molar-refractivity contribution >= 4 is 22.0 Å². The van der Waals surface area contributed by atoms with Crippen LogP contribution in [0.15, 0.2) is 4.52 Å². The topological polar surface area (TPSA) is 106 Å². The highest BCUT2D eigenvalue weighted by atomic mass is 32.2. The highest BCUT2D eigenvalue weighted by Gasteiger charge is 2.25. The molecule has 1 saturated heterocycles. The molecule has 0 amide bonds. The lowest BCUT2D eigenvalue weighted by molar-refractivity contribution is 0.163. The van der Waals surface area contributed by atoms with Crippen molar-refractivity contribution in [3.63, 3.8) is 0 Å². The average molecular weight is 335 g/mol. The van der Waals surface area contributed by atoms with E-state index in [1.165, 1.54) is 4.31 Å². The van der Waals surface area contributed by atoms with Crippen LogP contribution < -0.4 is 5.14 Å². The second-order valence-electron chi connectivity index (χ2n) is 4.86. The van der Waals surface area contributed by atoms with Gasteiger partial charge in [0, 0.05) is 26.2 Å². The molecule has 0 aromatic carbocycles. The van der Waals surface area contributed by atoms with Crippen LogP contribution in [0.5, 0.6) is 0 Å². The zero-order valence-electron chi connectivity index (χ0n) is 12.2. The Labute approximate surface area is 129 Å². The summed E-state index contributed by atoms with van der Waals surface area (Å²) in [5.74, 6) is 2.28. The minimum Gasteiger partial charge on any atom is -0.338 e. The molecule has 0 radical (unpaired) electrons. The monoisotopic (exact) mass is 335 g/mol. The molecule has 1 fully saturated rings. The molecule has 0 unspecified atom stereocenters. The lowest BCUT2D eigenvalue weighted by Crippen LogP contribution is -2.50. The summed E-state index contributed by atoms with van der Waals surface area (Å²) in [6.07, 6.45) is 0. The van der Waals surface area contributed by atoms with Gasteiger partial charge in [0.05, 0.1) is 11.8 Å². The summed E-state index contributed by atoms with van der Waals surface area (Å²) >= 11 is 1.76. The van der Waals surface area contributed by atoms with E-state index in [2.05, 4.69) is 22.0 Å². The van der Waals surface area contributed by atoms with E-state index in [1.807, 2.05) is 6.92 Å². The van der Waals surface area contributed by atoms with Crippen LogP contribution in [0.25, 0.3) is 0 Å². The first kappa shape index (κ1) is 16.7. The van der Waals surface area contributed by atoms with E-state index >= 15 is 0 Å². The molecular weight excluding hydrogens is 314 g/mol. The van der Waals surface area contributed by atoms with Crippen molar-refractivity contribution in [1.29, 1.82) is 0 Å². The van der Waals surface area contributed by atoms with Crippen LogP contribution in [-0.2, 0) is 16.8 Å². The van der Waals surface area contributed by atoms with Crippen LogP contribution in [0.1, 0.15) is 30.8 Å². The molecule has 120 valence electrons. The molecule has 1 atom stereocenters. The third-order valence-corrected chi connectivity index (χ3v) is 5.44. The minimum absolute atomic E-state index is 0.215. The highest BCUT2D eigenvalue weighted by molar-refractivity contribution is 7.99. The first-order valence-corrected chi connectivity index (χ1v) is 9.39. The normalized spacial score (nSPS) is 19.8. The molecule has 0 aliphatic carbocycles. The predicted molar refractivity (Wildman–Crippen MR) is 80.8 cm³/mol. The van der Waals surface area contributed by atoms with Crippen LogP contribution in [0, 0.1) is 0 Å². The SMILES string of the molecule is CCS[C@@H](C)c1noc(CN2CCN(S(N)(=O)=O)CC2)n1. The molecule has 0 spiro atoms. The maximum atomic E-state index is 11.2. The summed E-state index contributed by atoms with van der Waals surface area (Å²) in [5.41, 5.74) is 0. The van der Waals surface area contributed by atoms with Gasteiger partial charge in [-0.15, -0.1) is 0 Å². The number of piperazine rings is 1. The van der Waals surface area contributed by atoms with Crippen molar-refractivity contribution in [2.75, 3.05) is 31.9 Å². The van der Waals surface area contributed by atoms with Gasteiger partial charge in [0.25, 0.3) is 10.2 Å². The Hall–Kier alpha value is -0.680. The number of hydrogen-bond donors (Lipinski definition) is 1. The third-order valence-electron chi connectivity index (χ3n) is 3.31. The van der Waals surface area contributed by atoms with Crippen LogP contribution in [-0.4, -0.2) is 59.7 Å². The summed E-state index contributed by atoms with van der Waals surface area (Å²) < 4.78 is 29.0. The maximum absolute atomic E-state index is 11.2. The molecule has 21 heavy (non-hydrogen) atoms. The highest BCUT2D eigenvalue weighted by Crippen LogP contribution is 2.25. The Morgan fingerprint density at radius 2 is 2.05 bits per heavy atom. The first-order chi connectivity index (χ1) is 9.90. The van der Waals surface area contributed by atoms with Crippen LogP contribution in [0.3, 0.4) is 0 Å². The zero-order chi connectivity index (χ0) is 15.5. The van der Waals surface area contributed by atoms with Crippen molar-refractivity contribution in [1.82, 2.24) is 19.3 Å². The van der Waals surface area contributed by atoms with Gasteiger partial charge in [-0.3, -0.25) is 4.90 Å². The number of rotatable bonds is 6. The largest absolute Gasteiger partial charge is 0.338 e. The van der Waals surface area contributed by atoms with E-state index in [1.54, 1.807) is 11.8 Å². The number of aromatic nitrogens is 2. The van der Waals surface area contributed by atoms with Gasteiger partial charge < -0.3 is 4.52 Å². The quantitative estimate of drug-likeness (QED) is 0.792. The van der Waals surface area contributed by atoms with Gasteiger partial charge >= 0.3 is 0 Å². The number of nitrogens with zero attached hydrogens (tertiary/aromatic N) is 4. The van der Waals surface area contributed by atoms with Gasteiger partial charge in [-0.1, -0.05) is 12.1 Å². The number of hydrogen-bond acceptors (Lipinski definition) is 7. The van der Waals surface area contributed by atoms with E-state index in [-0.39, 0.29) is 5.25 Å². The number of nitrogens with two attached hydrogens (primary N) is 1. The summed E-state index contributed by atoms with van der Waals surface area (Å²) in [6.45, 7) is 6.67. The lowest BCUT2D eigenvalue weighted by Gasteiger charge is -2.31. The second-order valence-corrected chi connectivity index (χ2v) is 8.03. The van der Waals surface area contributed by atoms with Crippen LogP contribution >= 0.6 is 11.8 Å². The van der Waals surface area contributed by atoms with Crippen molar-refractivity contribution in [3.8, 4) is 0 Å². The average Bonchev–Trinajstić information content (AvgIpc) is 2.87. The number of thioether (sulfide) groups is 1. The minimum atomic E-state index is -3.58. The van der Waals surface area contributed by atoms with Crippen molar-refractivity contribution in [2.45, 2.75) is 25.6 Å². The maximum Gasteiger partial charge on any atom is 0.276 e. The fourth-order valence-electron chi connectivity index (χ4n) is 2.16. The first-order valence-electron chi connectivity index (χ1n) is 6.84. The molecule has 10 heteroatoms. The summed E-state index contributed by atoms with van der Waals surface area (Å²) in [6, 6.07) is 0. The van der Waals surface area contributed by atoms with Gasteiger partial charge in [0.1, 0.15) is 0 Å². The lowest BCUT2D eigenvalue weighted by atomic mass is 10.3. The van der Waals surface area contributed by atoms with Gasteiger partial charge in [-0.2, -0.15) is 29.5 Å². The van der Waals surface area contributed by atoms with E-state index < -0.39 is 10.2 Å². The molecule has 1 aliphatic rings. The molecule has 2 rings (SSSR count).